The molecule has 1 aliphatic rings. The van der Waals surface area contributed by atoms with Crippen LogP contribution < -0.4 is 4.74 Å². The van der Waals surface area contributed by atoms with Crippen molar-refractivity contribution in [3.8, 4) is 16.9 Å². The van der Waals surface area contributed by atoms with Gasteiger partial charge in [0.1, 0.15) is 5.75 Å². The Morgan fingerprint density at radius 1 is 0.947 bits per heavy atom. The molecule has 1 fully saturated rings. The third-order valence-corrected chi connectivity index (χ3v) is 3.22. The van der Waals surface area contributed by atoms with Gasteiger partial charge in [-0.1, -0.05) is 36.4 Å². The lowest BCUT2D eigenvalue weighted by Gasteiger charge is -2.15. The van der Waals surface area contributed by atoms with Crippen molar-refractivity contribution in [3.05, 3.63) is 54.1 Å². The first-order valence-corrected chi connectivity index (χ1v) is 6.35. The molecule has 0 spiro atoms. The number of benzene rings is 2. The third kappa shape index (κ3) is 2.48. The average molecular weight is 256 g/mol. The summed E-state index contributed by atoms with van der Waals surface area (Å²) in [6.45, 7) is 1.27. The fourth-order valence-electron chi connectivity index (χ4n) is 2.25. The molecule has 0 aromatic heterocycles. The maximum absolute atomic E-state index is 5.52. The molecule has 98 valence electrons. The zero-order valence-corrected chi connectivity index (χ0v) is 10.8. The highest BCUT2D eigenvalue weighted by atomic mass is 16.7. The van der Waals surface area contributed by atoms with Gasteiger partial charge in [-0.3, -0.25) is 0 Å². The highest BCUT2D eigenvalue weighted by Gasteiger charge is 2.22. The van der Waals surface area contributed by atoms with Crippen molar-refractivity contribution in [1.82, 2.24) is 0 Å². The van der Waals surface area contributed by atoms with Gasteiger partial charge in [0.05, 0.1) is 20.3 Å². The summed E-state index contributed by atoms with van der Waals surface area (Å²) in [6, 6.07) is 16.3. The molecule has 0 amide bonds. The highest BCUT2D eigenvalue weighted by molar-refractivity contribution is 5.66. The van der Waals surface area contributed by atoms with Crippen molar-refractivity contribution < 1.29 is 14.2 Å². The van der Waals surface area contributed by atoms with Gasteiger partial charge in [0.15, 0.2) is 6.29 Å². The molecule has 0 unspecified atom stereocenters. The minimum atomic E-state index is -0.306. The number of methoxy groups -OCH3 is 1. The van der Waals surface area contributed by atoms with Gasteiger partial charge < -0.3 is 14.2 Å². The zero-order chi connectivity index (χ0) is 13.1. The fraction of sp³-hybridized carbons (Fsp3) is 0.250. The van der Waals surface area contributed by atoms with Crippen LogP contribution in [0.3, 0.4) is 0 Å². The summed E-state index contributed by atoms with van der Waals surface area (Å²) in [7, 11) is 1.67. The molecule has 3 nitrogen and oxygen atoms in total. The smallest absolute Gasteiger partial charge is 0.187 e. The van der Waals surface area contributed by atoms with E-state index in [-0.39, 0.29) is 6.29 Å². The minimum absolute atomic E-state index is 0.306. The van der Waals surface area contributed by atoms with Gasteiger partial charge in [0, 0.05) is 5.56 Å². The van der Waals surface area contributed by atoms with Gasteiger partial charge in [0.25, 0.3) is 0 Å². The lowest BCUT2D eigenvalue weighted by atomic mass is 10.0. The first-order valence-electron chi connectivity index (χ1n) is 6.35. The number of ether oxygens (including phenoxy) is 3. The molecule has 1 aliphatic heterocycles. The first kappa shape index (κ1) is 12.2. The Morgan fingerprint density at radius 3 is 2.37 bits per heavy atom. The molecule has 0 saturated carbocycles. The van der Waals surface area contributed by atoms with Crippen molar-refractivity contribution in [1.29, 1.82) is 0 Å². The third-order valence-electron chi connectivity index (χ3n) is 3.22. The van der Waals surface area contributed by atoms with Crippen molar-refractivity contribution in [2.24, 2.45) is 0 Å². The van der Waals surface area contributed by atoms with Gasteiger partial charge in [-0.25, -0.2) is 0 Å². The van der Waals surface area contributed by atoms with E-state index in [9.17, 15) is 0 Å². The van der Waals surface area contributed by atoms with Crippen molar-refractivity contribution in [3.63, 3.8) is 0 Å². The number of hydrogen-bond acceptors (Lipinski definition) is 3. The normalized spacial score (nSPS) is 15.6. The van der Waals surface area contributed by atoms with E-state index in [1.54, 1.807) is 7.11 Å². The Hall–Kier alpha value is -1.84. The second-order valence-corrected chi connectivity index (χ2v) is 4.40. The largest absolute Gasteiger partial charge is 0.496 e. The predicted molar refractivity (Wildman–Crippen MR) is 73.1 cm³/mol. The van der Waals surface area contributed by atoms with Crippen LogP contribution in [0.1, 0.15) is 11.9 Å². The van der Waals surface area contributed by atoms with Gasteiger partial charge in [-0.15, -0.1) is 0 Å². The summed E-state index contributed by atoms with van der Waals surface area (Å²) in [5.41, 5.74) is 3.24. The summed E-state index contributed by atoms with van der Waals surface area (Å²) in [4.78, 5) is 0. The van der Waals surface area contributed by atoms with Crippen molar-refractivity contribution >= 4 is 0 Å². The quantitative estimate of drug-likeness (QED) is 0.842. The molecular weight excluding hydrogens is 240 g/mol. The SMILES string of the molecule is COc1cc(-c2ccccc2)ccc1C1OCCO1. The molecule has 2 aromatic rings. The van der Waals surface area contributed by atoms with E-state index in [2.05, 4.69) is 18.2 Å². The van der Waals surface area contributed by atoms with E-state index in [0.29, 0.717) is 13.2 Å². The molecule has 0 atom stereocenters. The van der Waals surface area contributed by atoms with Crippen LogP contribution in [0.5, 0.6) is 5.75 Å². The summed E-state index contributed by atoms with van der Waals surface area (Å²) < 4.78 is 16.5. The van der Waals surface area contributed by atoms with Gasteiger partial charge in [-0.05, 0) is 23.3 Å². The second kappa shape index (κ2) is 5.43. The van der Waals surface area contributed by atoms with Gasteiger partial charge >= 0.3 is 0 Å². The fourth-order valence-corrected chi connectivity index (χ4v) is 2.25. The Labute approximate surface area is 112 Å². The van der Waals surface area contributed by atoms with Gasteiger partial charge in [0.2, 0.25) is 0 Å². The summed E-state index contributed by atoms with van der Waals surface area (Å²) >= 11 is 0. The molecule has 1 heterocycles. The molecule has 3 heteroatoms. The summed E-state index contributed by atoms with van der Waals surface area (Å²) in [6.07, 6.45) is -0.306. The molecule has 0 radical (unpaired) electrons. The molecule has 0 aliphatic carbocycles. The molecule has 0 bridgehead atoms. The van der Waals surface area contributed by atoms with E-state index in [0.717, 1.165) is 16.9 Å². The Bertz CT molecular complexity index is 545. The lowest BCUT2D eigenvalue weighted by molar-refractivity contribution is -0.0454. The van der Waals surface area contributed by atoms with E-state index in [1.165, 1.54) is 5.56 Å². The maximum atomic E-state index is 5.52. The minimum Gasteiger partial charge on any atom is -0.496 e. The van der Waals surface area contributed by atoms with Gasteiger partial charge in [-0.2, -0.15) is 0 Å². The van der Waals surface area contributed by atoms with Crippen LogP contribution in [0.15, 0.2) is 48.5 Å². The van der Waals surface area contributed by atoms with Crippen LogP contribution in [0.4, 0.5) is 0 Å². The van der Waals surface area contributed by atoms with Crippen LogP contribution in [0.25, 0.3) is 11.1 Å². The molecule has 2 aromatic carbocycles. The Balaban J connectivity index is 1.97. The van der Waals surface area contributed by atoms with E-state index in [1.807, 2.05) is 30.3 Å². The standard InChI is InChI=1S/C16H16O3/c1-17-15-11-13(12-5-3-2-4-6-12)7-8-14(15)16-18-9-10-19-16/h2-8,11,16H,9-10H2,1H3. The van der Waals surface area contributed by atoms with Crippen molar-refractivity contribution in [2.75, 3.05) is 20.3 Å². The first-order chi connectivity index (χ1) is 9.38. The van der Waals surface area contributed by atoms with Crippen LogP contribution in [-0.2, 0) is 9.47 Å². The molecule has 1 saturated heterocycles. The van der Waals surface area contributed by atoms with E-state index < -0.39 is 0 Å². The zero-order valence-electron chi connectivity index (χ0n) is 10.8. The Kier molecular flexibility index (Phi) is 3.49. The number of hydrogen-bond donors (Lipinski definition) is 0. The molecule has 0 N–H and O–H groups in total. The monoisotopic (exact) mass is 256 g/mol. The van der Waals surface area contributed by atoms with Crippen LogP contribution in [-0.4, -0.2) is 20.3 Å². The average Bonchev–Trinajstić information content (AvgIpc) is 3.01. The summed E-state index contributed by atoms with van der Waals surface area (Å²) in [5, 5.41) is 0. The second-order valence-electron chi connectivity index (χ2n) is 4.40. The lowest BCUT2D eigenvalue weighted by Crippen LogP contribution is -2.01. The topological polar surface area (TPSA) is 27.7 Å². The maximum Gasteiger partial charge on any atom is 0.187 e. The van der Waals surface area contributed by atoms with Crippen LogP contribution in [0.2, 0.25) is 0 Å². The van der Waals surface area contributed by atoms with E-state index in [4.69, 9.17) is 14.2 Å². The highest BCUT2D eigenvalue weighted by Crippen LogP contribution is 2.34. The van der Waals surface area contributed by atoms with Crippen LogP contribution >= 0.6 is 0 Å². The Morgan fingerprint density at radius 2 is 1.68 bits per heavy atom. The predicted octanol–water partition coefficient (Wildman–Crippen LogP) is 3.41. The molecule has 3 rings (SSSR count). The number of rotatable bonds is 3. The van der Waals surface area contributed by atoms with E-state index >= 15 is 0 Å². The van der Waals surface area contributed by atoms with Crippen LogP contribution in [0, 0.1) is 0 Å². The van der Waals surface area contributed by atoms with Crippen molar-refractivity contribution in [2.45, 2.75) is 6.29 Å². The summed E-state index contributed by atoms with van der Waals surface area (Å²) in [5.74, 6) is 0.799. The molecular formula is C16H16O3. The molecule has 19 heavy (non-hydrogen) atoms.